The number of nitrogens with one attached hydrogen (secondary N) is 1. The van der Waals surface area contributed by atoms with Gasteiger partial charge in [0.1, 0.15) is 18.2 Å². The van der Waals surface area contributed by atoms with Crippen molar-refractivity contribution in [2.45, 2.75) is 44.3 Å². The second kappa shape index (κ2) is 11.8. The molecule has 196 valence electrons. The van der Waals surface area contributed by atoms with E-state index >= 15 is 0 Å². The number of methoxy groups -OCH3 is 1. The van der Waals surface area contributed by atoms with Crippen LogP contribution in [-0.2, 0) is 16.0 Å². The Morgan fingerprint density at radius 3 is 2.57 bits per heavy atom. The quantitative estimate of drug-likeness (QED) is 0.499. The number of benzene rings is 1. The number of urea groups is 1. The van der Waals surface area contributed by atoms with Crippen LogP contribution in [0.4, 0.5) is 27.2 Å². The Labute approximate surface area is 199 Å². The number of piperidine rings is 1. The molecule has 3 amide bonds. The summed E-state index contributed by atoms with van der Waals surface area (Å²) in [6.45, 7) is 0.300. The summed E-state index contributed by atoms with van der Waals surface area (Å²) in [5, 5.41) is 11.6. The van der Waals surface area contributed by atoms with Gasteiger partial charge in [0.15, 0.2) is 0 Å². The second-order valence-electron chi connectivity index (χ2n) is 8.55. The van der Waals surface area contributed by atoms with Crippen molar-refractivity contribution in [3.63, 3.8) is 0 Å². The fraction of sp³-hybridized carbons (Fsp3) is 0.636. The maximum atomic E-state index is 14.3. The van der Waals surface area contributed by atoms with Crippen molar-refractivity contribution in [1.29, 1.82) is 0 Å². The van der Waals surface area contributed by atoms with E-state index < -0.39 is 30.1 Å². The molecule has 1 saturated heterocycles. The van der Waals surface area contributed by atoms with Gasteiger partial charge in [0.05, 0.1) is 19.3 Å². The third kappa shape index (κ3) is 7.85. The summed E-state index contributed by atoms with van der Waals surface area (Å²) in [6, 6.07) is 1.86. The molecule has 2 fully saturated rings. The predicted octanol–water partition coefficient (Wildman–Crippen LogP) is 2.86. The van der Waals surface area contributed by atoms with Crippen molar-refractivity contribution >= 4 is 12.1 Å². The molecule has 2 unspecified atom stereocenters. The van der Waals surface area contributed by atoms with Gasteiger partial charge in [-0.05, 0) is 25.3 Å². The normalized spacial score (nSPS) is 20.3. The molecule has 13 heteroatoms. The molecular weight excluding hydrogens is 478 g/mol. The smallest absolute Gasteiger partial charge is 0.447 e. The summed E-state index contributed by atoms with van der Waals surface area (Å²) in [4.78, 5) is 28.6. The zero-order valence-corrected chi connectivity index (χ0v) is 19.2. The van der Waals surface area contributed by atoms with Gasteiger partial charge in [0.2, 0.25) is 0 Å². The number of hydrogen-bond acceptors (Lipinski definition) is 6. The Morgan fingerprint density at radius 1 is 1.23 bits per heavy atom. The van der Waals surface area contributed by atoms with Crippen LogP contribution >= 0.6 is 0 Å². The Morgan fingerprint density at radius 2 is 1.97 bits per heavy atom. The molecule has 1 saturated carbocycles. The molecule has 0 radical (unpaired) electrons. The number of amides is 3. The number of carbonyl (C=O) groups excluding carboxylic acids is 2. The lowest BCUT2D eigenvalue weighted by molar-refractivity contribution is -0.274. The molecule has 35 heavy (non-hydrogen) atoms. The predicted molar refractivity (Wildman–Crippen MR) is 114 cm³/mol. The first kappa shape index (κ1) is 26.8. The van der Waals surface area contributed by atoms with Crippen molar-refractivity contribution < 1.29 is 46.5 Å². The molecule has 3 rings (SSSR count). The molecule has 1 aromatic rings. The maximum Gasteiger partial charge on any atom is 0.573 e. The lowest BCUT2D eigenvalue weighted by atomic mass is 9.94. The number of ether oxygens (including phenoxy) is 3. The Balaban J connectivity index is 1.67. The van der Waals surface area contributed by atoms with E-state index in [9.17, 15) is 27.2 Å². The standard InChI is InChI=1S/C22H29F4N3O6/c1-33-13-14-8-17(12-28(11-14)21(32)34-7-6-30)29(16-3-4-16)20(31)27-10-15-2-5-18(9-19(15)23)35-22(24,25)26/h2,5,9,14,16-17,30H,3-4,6-8,10-13H2,1H3,(H,27,31). The first-order chi connectivity index (χ1) is 16.6. The van der Waals surface area contributed by atoms with Crippen LogP contribution in [0.2, 0.25) is 0 Å². The third-order valence-electron chi connectivity index (χ3n) is 5.75. The number of alkyl halides is 3. The lowest BCUT2D eigenvalue weighted by Crippen LogP contribution is -2.57. The Bertz CT molecular complexity index is 883. The van der Waals surface area contributed by atoms with E-state index in [1.54, 1.807) is 12.0 Å². The van der Waals surface area contributed by atoms with Crippen molar-refractivity contribution in [3.05, 3.63) is 29.6 Å². The SMILES string of the molecule is COCC1CC(N(C(=O)NCc2ccc(OC(F)(F)F)cc2F)C2CC2)CN(C(=O)OCCO)C1. The van der Waals surface area contributed by atoms with Crippen LogP contribution in [-0.4, -0.2) is 85.5 Å². The summed E-state index contributed by atoms with van der Waals surface area (Å²) in [5.41, 5.74) is -0.00117. The van der Waals surface area contributed by atoms with Gasteiger partial charge in [-0.3, -0.25) is 0 Å². The minimum absolute atomic E-state index is 0.00117. The summed E-state index contributed by atoms with van der Waals surface area (Å²) < 4.78 is 65.3. The van der Waals surface area contributed by atoms with Crippen molar-refractivity contribution in [1.82, 2.24) is 15.1 Å². The highest BCUT2D eigenvalue weighted by atomic mass is 19.4. The van der Waals surface area contributed by atoms with E-state index in [0.717, 1.165) is 25.0 Å². The van der Waals surface area contributed by atoms with Gasteiger partial charge < -0.3 is 34.4 Å². The second-order valence-corrected chi connectivity index (χ2v) is 8.55. The Hall–Kier alpha value is -2.80. The molecule has 0 aromatic heterocycles. The van der Waals surface area contributed by atoms with Crippen molar-refractivity contribution in [2.75, 3.05) is 40.0 Å². The van der Waals surface area contributed by atoms with Crippen LogP contribution in [0, 0.1) is 11.7 Å². The monoisotopic (exact) mass is 507 g/mol. The summed E-state index contributed by atoms with van der Waals surface area (Å²) in [5.74, 6) is -1.68. The summed E-state index contributed by atoms with van der Waals surface area (Å²) >= 11 is 0. The highest BCUT2D eigenvalue weighted by Gasteiger charge is 2.42. The molecule has 2 N–H and O–H groups in total. The van der Waals surface area contributed by atoms with Gasteiger partial charge in [-0.25, -0.2) is 14.0 Å². The molecule has 2 atom stereocenters. The van der Waals surface area contributed by atoms with Crippen LogP contribution in [0.5, 0.6) is 5.75 Å². The molecule has 2 aliphatic rings. The Kier molecular flexibility index (Phi) is 9.00. The summed E-state index contributed by atoms with van der Waals surface area (Å²) in [7, 11) is 1.54. The van der Waals surface area contributed by atoms with Gasteiger partial charge >= 0.3 is 18.5 Å². The average Bonchev–Trinajstić information content (AvgIpc) is 3.61. The number of aliphatic hydroxyl groups is 1. The number of hydrogen-bond donors (Lipinski definition) is 2. The van der Waals surface area contributed by atoms with Gasteiger partial charge in [0, 0.05) is 50.3 Å². The van der Waals surface area contributed by atoms with Gasteiger partial charge in [-0.15, -0.1) is 13.2 Å². The van der Waals surface area contributed by atoms with E-state index in [4.69, 9.17) is 14.6 Å². The van der Waals surface area contributed by atoms with E-state index in [0.29, 0.717) is 25.6 Å². The molecule has 1 aliphatic carbocycles. The molecule has 9 nitrogen and oxygen atoms in total. The van der Waals surface area contributed by atoms with Crippen LogP contribution in [0.3, 0.4) is 0 Å². The van der Waals surface area contributed by atoms with Gasteiger partial charge in [-0.1, -0.05) is 6.07 Å². The highest BCUT2D eigenvalue weighted by Crippen LogP contribution is 2.33. The topological polar surface area (TPSA) is 101 Å². The van der Waals surface area contributed by atoms with Gasteiger partial charge in [0.25, 0.3) is 0 Å². The fourth-order valence-corrected chi connectivity index (χ4v) is 4.22. The minimum atomic E-state index is -4.94. The molecule has 0 spiro atoms. The fourth-order valence-electron chi connectivity index (χ4n) is 4.22. The molecule has 1 aliphatic heterocycles. The number of halogens is 4. The number of likely N-dealkylation sites (tertiary alicyclic amines) is 1. The number of rotatable bonds is 9. The van der Waals surface area contributed by atoms with E-state index in [1.807, 2.05) is 0 Å². The zero-order chi connectivity index (χ0) is 25.6. The van der Waals surface area contributed by atoms with E-state index in [-0.39, 0.29) is 49.9 Å². The molecular formula is C22H29F4N3O6. The van der Waals surface area contributed by atoms with E-state index in [2.05, 4.69) is 10.1 Å². The maximum absolute atomic E-state index is 14.3. The van der Waals surface area contributed by atoms with Crippen LogP contribution in [0.25, 0.3) is 0 Å². The van der Waals surface area contributed by atoms with Crippen molar-refractivity contribution in [3.8, 4) is 5.75 Å². The lowest BCUT2D eigenvalue weighted by Gasteiger charge is -2.42. The van der Waals surface area contributed by atoms with Crippen molar-refractivity contribution in [2.24, 2.45) is 5.92 Å². The number of carbonyl (C=O) groups is 2. The third-order valence-corrected chi connectivity index (χ3v) is 5.75. The highest BCUT2D eigenvalue weighted by molar-refractivity contribution is 5.75. The summed E-state index contributed by atoms with van der Waals surface area (Å²) in [6.07, 6.45) is -3.38. The first-order valence-corrected chi connectivity index (χ1v) is 11.2. The molecule has 0 bridgehead atoms. The average molecular weight is 507 g/mol. The zero-order valence-electron chi connectivity index (χ0n) is 19.2. The number of aliphatic hydroxyl groups excluding tert-OH is 1. The molecule has 1 heterocycles. The molecule has 1 aromatic carbocycles. The van der Waals surface area contributed by atoms with Crippen LogP contribution in [0.15, 0.2) is 18.2 Å². The van der Waals surface area contributed by atoms with Gasteiger partial charge in [-0.2, -0.15) is 0 Å². The van der Waals surface area contributed by atoms with Crippen LogP contribution in [0.1, 0.15) is 24.8 Å². The first-order valence-electron chi connectivity index (χ1n) is 11.2. The van der Waals surface area contributed by atoms with Crippen LogP contribution < -0.4 is 10.1 Å². The largest absolute Gasteiger partial charge is 0.573 e. The minimum Gasteiger partial charge on any atom is -0.447 e. The van der Waals surface area contributed by atoms with E-state index in [1.165, 1.54) is 4.90 Å². The number of nitrogens with zero attached hydrogens (tertiary/aromatic N) is 2.